The zero-order valence-corrected chi connectivity index (χ0v) is 18.7. The van der Waals surface area contributed by atoms with Gasteiger partial charge in [0, 0.05) is 49.2 Å². The summed E-state index contributed by atoms with van der Waals surface area (Å²) in [6.07, 6.45) is 7.30. The van der Waals surface area contributed by atoms with Gasteiger partial charge >= 0.3 is 0 Å². The number of anilines is 1. The summed E-state index contributed by atoms with van der Waals surface area (Å²) in [4.78, 5) is 21.8. The van der Waals surface area contributed by atoms with Crippen LogP contribution in [0.2, 0.25) is 0 Å². The van der Waals surface area contributed by atoms with Crippen LogP contribution in [0.3, 0.4) is 0 Å². The molecule has 0 spiro atoms. The van der Waals surface area contributed by atoms with Crippen molar-refractivity contribution in [3.8, 4) is 0 Å². The molecule has 31 heavy (non-hydrogen) atoms. The number of aromatic nitrogens is 3. The van der Waals surface area contributed by atoms with Crippen molar-refractivity contribution in [2.24, 2.45) is 5.92 Å². The summed E-state index contributed by atoms with van der Waals surface area (Å²) >= 11 is 1.89. The minimum absolute atomic E-state index is 0.782. The maximum Gasteiger partial charge on any atom is 0.141 e. The molecule has 4 heterocycles. The van der Waals surface area contributed by atoms with E-state index in [1.807, 2.05) is 23.6 Å². The Hall–Kier alpha value is -2.57. The van der Waals surface area contributed by atoms with E-state index in [2.05, 4.69) is 51.0 Å². The van der Waals surface area contributed by atoms with Crippen LogP contribution in [-0.2, 0) is 19.4 Å². The molecule has 1 aromatic carbocycles. The van der Waals surface area contributed by atoms with Crippen LogP contribution >= 0.6 is 11.3 Å². The molecule has 3 aromatic heterocycles. The Morgan fingerprint density at radius 1 is 1.03 bits per heavy atom. The van der Waals surface area contributed by atoms with Gasteiger partial charge in [-0.15, -0.1) is 11.3 Å². The summed E-state index contributed by atoms with van der Waals surface area (Å²) in [5, 5.41) is 2.56. The van der Waals surface area contributed by atoms with Gasteiger partial charge in [-0.2, -0.15) is 0 Å². The molecule has 5 nitrogen and oxygen atoms in total. The second kappa shape index (κ2) is 7.84. The second-order valence-electron chi connectivity index (χ2n) is 8.98. The Morgan fingerprint density at radius 2 is 1.90 bits per heavy atom. The van der Waals surface area contributed by atoms with Gasteiger partial charge in [0.15, 0.2) is 0 Å². The van der Waals surface area contributed by atoms with Gasteiger partial charge in [0.1, 0.15) is 17.0 Å². The lowest BCUT2D eigenvalue weighted by Gasteiger charge is -2.36. The summed E-state index contributed by atoms with van der Waals surface area (Å²) in [5.74, 6) is 1.94. The van der Waals surface area contributed by atoms with Gasteiger partial charge in [0.2, 0.25) is 0 Å². The molecule has 6 rings (SSSR count). The first kappa shape index (κ1) is 19.1. The standard InChI is InChI=1S/C25H27N5S/c1-17-7-8-20-21(14-17)31-25-22(20)24(27-16-28-25)30-12-10-29(11-13-30)15-19-5-2-4-18-6-3-9-26-23(18)19/h2-6,9,16-17H,7-8,10-15H2,1H3/t17-/m0/s1. The summed E-state index contributed by atoms with van der Waals surface area (Å²) in [6, 6.07) is 10.7. The molecular weight excluding hydrogens is 402 g/mol. The number of pyridine rings is 1. The Balaban J connectivity index is 1.22. The number of hydrogen-bond donors (Lipinski definition) is 0. The lowest BCUT2D eigenvalue weighted by Crippen LogP contribution is -2.46. The number of piperazine rings is 1. The van der Waals surface area contributed by atoms with Crippen molar-refractivity contribution < 1.29 is 0 Å². The highest BCUT2D eigenvalue weighted by Gasteiger charge is 2.26. The Bertz CT molecular complexity index is 1240. The topological polar surface area (TPSA) is 45.2 Å². The van der Waals surface area contributed by atoms with Crippen molar-refractivity contribution in [1.82, 2.24) is 19.9 Å². The van der Waals surface area contributed by atoms with Crippen molar-refractivity contribution >= 4 is 38.3 Å². The maximum absolute atomic E-state index is 4.77. The van der Waals surface area contributed by atoms with Crippen LogP contribution < -0.4 is 4.90 Å². The number of fused-ring (bicyclic) bond motifs is 4. The molecular formula is C25H27N5S. The van der Waals surface area contributed by atoms with E-state index in [4.69, 9.17) is 4.98 Å². The van der Waals surface area contributed by atoms with Crippen LogP contribution in [0.25, 0.3) is 21.1 Å². The highest BCUT2D eigenvalue weighted by atomic mass is 32.1. The van der Waals surface area contributed by atoms with Crippen molar-refractivity contribution in [3.05, 3.63) is 58.9 Å². The van der Waals surface area contributed by atoms with E-state index in [1.54, 1.807) is 6.33 Å². The molecule has 1 aliphatic carbocycles. The Kier molecular flexibility index (Phi) is 4.84. The molecule has 6 heteroatoms. The molecule has 1 saturated heterocycles. The number of thiophene rings is 1. The molecule has 4 aromatic rings. The maximum atomic E-state index is 4.77. The number of rotatable bonds is 3. The van der Waals surface area contributed by atoms with Crippen molar-refractivity contribution in [1.29, 1.82) is 0 Å². The van der Waals surface area contributed by atoms with Gasteiger partial charge in [-0.1, -0.05) is 31.2 Å². The molecule has 0 N–H and O–H groups in total. The molecule has 158 valence electrons. The van der Waals surface area contributed by atoms with Gasteiger partial charge in [0.05, 0.1) is 10.9 Å². The van der Waals surface area contributed by atoms with Crippen molar-refractivity contribution in [2.45, 2.75) is 32.7 Å². The fourth-order valence-electron chi connectivity index (χ4n) is 5.15. The van der Waals surface area contributed by atoms with Crippen LogP contribution in [0.4, 0.5) is 5.82 Å². The number of para-hydroxylation sites is 1. The lowest BCUT2D eigenvalue weighted by molar-refractivity contribution is 0.250. The summed E-state index contributed by atoms with van der Waals surface area (Å²) in [6.45, 7) is 7.41. The smallest absolute Gasteiger partial charge is 0.141 e. The predicted molar refractivity (Wildman–Crippen MR) is 128 cm³/mol. The molecule has 1 atom stereocenters. The average molecular weight is 430 g/mol. The van der Waals surface area contributed by atoms with E-state index >= 15 is 0 Å². The SMILES string of the molecule is C[C@H]1CCc2c(sc3ncnc(N4CCN(Cc5cccc6cccnc56)CC4)c23)C1. The van der Waals surface area contributed by atoms with Gasteiger partial charge in [0.25, 0.3) is 0 Å². The predicted octanol–water partition coefficient (Wildman–Crippen LogP) is 4.69. The summed E-state index contributed by atoms with van der Waals surface area (Å²) < 4.78 is 0. The molecule has 1 aliphatic heterocycles. The quantitative estimate of drug-likeness (QED) is 0.473. The first-order valence-electron chi connectivity index (χ1n) is 11.3. The number of benzene rings is 1. The van der Waals surface area contributed by atoms with Crippen LogP contribution in [0, 0.1) is 5.92 Å². The highest BCUT2D eigenvalue weighted by Crippen LogP contribution is 2.40. The van der Waals surface area contributed by atoms with Crippen LogP contribution in [0.1, 0.15) is 29.3 Å². The Morgan fingerprint density at radius 3 is 2.81 bits per heavy atom. The number of hydrogen-bond acceptors (Lipinski definition) is 6. The van der Waals surface area contributed by atoms with Gasteiger partial charge in [-0.3, -0.25) is 9.88 Å². The third-order valence-electron chi connectivity index (χ3n) is 6.85. The van der Waals surface area contributed by atoms with Gasteiger partial charge < -0.3 is 4.90 Å². The largest absolute Gasteiger partial charge is 0.353 e. The third kappa shape index (κ3) is 3.48. The summed E-state index contributed by atoms with van der Waals surface area (Å²) in [7, 11) is 0. The molecule has 0 bridgehead atoms. The molecule has 0 saturated carbocycles. The third-order valence-corrected chi connectivity index (χ3v) is 8.02. The molecule has 1 fully saturated rings. The summed E-state index contributed by atoms with van der Waals surface area (Å²) in [5.41, 5.74) is 3.97. The first-order chi connectivity index (χ1) is 15.3. The molecule has 0 radical (unpaired) electrons. The van der Waals surface area contributed by atoms with Crippen LogP contribution in [0.15, 0.2) is 42.9 Å². The van der Waals surface area contributed by atoms with E-state index in [9.17, 15) is 0 Å². The fourth-order valence-corrected chi connectivity index (χ4v) is 6.50. The lowest BCUT2D eigenvalue weighted by atomic mass is 9.89. The number of aryl methyl sites for hydroxylation is 1. The first-order valence-corrected chi connectivity index (χ1v) is 12.1. The van der Waals surface area contributed by atoms with Gasteiger partial charge in [-0.25, -0.2) is 9.97 Å². The second-order valence-corrected chi connectivity index (χ2v) is 10.1. The van der Waals surface area contributed by atoms with E-state index < -0.39 is 0 Å². The van der Waals surface area contributed by atoms with Crippen molar-refractivity contribution in [3.63, 3.8) is 0 Å². The van der Waals surface area contributed by atoms with Crippen LogP contribution in [-0.4, -0.2) is 46.0 Å². The average Bonchev–Trinajstić information content (AvgIpc) is 3.17. The van der Waals surface area contributed by atoms with Crippen molar-refractivity contribution in [2.75, 3.05) is 31.1 Å². The minimum Gasteiger partial charge on any atom is -0.353 e. The molecule has 2 aliphatic rings. The number of nitrogens with zero attached hydrogens (tertiary/aromatic N) is 5. The van der Waals surface area contributed by atoms with E-state index in [0.29, 0.717) is 0 Å². The molecule has 0 amide bonds. The zero-order chi connectivity index (χ0) is 20.8. The van der Waals surface area contributed by atoms with Crippen LogP contribution in [0.5, 0.6) is 0 Å². The highest BCUT2D eigenvalue weighted by molar-refractivity contribution is 7.19. The molecule has 0 unspecified atom stereocenters. The van der Waals surface area contributed by atoms with E-state index in [1.165, 1.54) is 50.9 Å². The monoisotopic (exact) mass is 429 g/mol. The van der Waals surface area contributed by atoms with Gasteiger partial charge in [-0.05, 0) is 42.4 Å². The van der Waals surface area contributed by atoms with E-state index in [0.717, 1.165) is 50.0 Å². The minimum atomic E-state index is 0.782. The fraction of sp³-hybridized carbons (Fsp3) is 0.400. The Labute approximate surface area is 186 Å². The van der Waals surface area contributed by atoms with E-state index in [-0.39, 0.29) is 0 Å². The zero-order valence-electron chi connectivity index (χ0n) is 17.9. The normalized spacial score (nSPS) is 19.8.